The summed E-state index contributed by atoms with van der Waals surface area (Å²) in [5, 5.41) is 26.4. The molecule has 11 heteroatoms. The van der Waals surface area contributed by atoms with Crippen LogP contribution in [0.5, 0.6) is 0 Å². The standard InChI is InChI=1S/C27H27ClN6O2S2/c1-16-5-2-6-17(11-16)13-22(35)29-26-33-31-24(37-26)19-8-4-9-20(15-19)25-32-34-27(38-25)30-23(36)14-18-7-3-10-21(28)12-18/h2-3,5-7,10-12,19-20H,4,8-9,13-15H2,1H3,(H,29,33,35)(H,30,34,36)/t19-,20-/m1/s1. The van der Waals surface area contributed by atoms with Crippen LogP contribution in [0.1, 0.15) is 64.2 Å². The molecule has 2 aromatic heterocycles. The normalized spacial score (nSPS) is 17.2. The molecule has 0 radical (unpaired) electrons. The third-order valence-corrected chi connectivity index (χ3v) is 8.68. The zero-order valence-corrected chi connectivity index (χ0v) is 23.2. The second kappa shape index (κ2) is 12.1. The largest absolute Gasteiger partial charge is 0.300 e. The first kappa shape index (κ1) is 26.4. The Bertz CT molecular complexity index is 1330. The number of nitrogens with zero attached hydrogens (tertiary/aromatic N) is 4. The topological polar surface area (TPSA) is 110 Å². The summed E-state index contributed by atoms with van der Waals surface area (Å²) in [4.78, 5) is 24.9. The molecule has 0 aliphatic heterocycles. The van der Waals surface area contributed by atoms with Crippen molar-refractivity contribution in [2.75, 3.05) is 10.6 Å². The molecular weight excluding hydrogens is 540 g/mol. The first-order chi connectivity index (χ1) is 18.4. The number of hydrogen-bond donors (Lipinski definition) is 2. The summed E-state index contributed by atoms with van der Waals surface area (Å²) in [6.07, 6.45) is 4.49. The van der Waals surface area contributed by atoms with E-state index >= 15 is 0 Å². The highest BCUT2D eigenvalue weighted by atomic mass is 35.5. The highest BCUT2D eigenvalue weighted by molar-refractivity contribution is 7.15. The van der Waals surface area contributed by atoms with Crippen LogP contribution in [0, 0.1) is 6.92 Å². The molecule has 1 aliphatic carbocycles. The molecule has 2 N–H and O–H groups in total. The number of aryl methyl sites for hydroxylation is 1. The molecule has 2 amide bonds. The Balaban J connectivity index is 1.15. The van der Waals surface area contributed by atoms with E-state index in [1.54, 1.807) is 12.1 Å². The maximum atomic E-state index is 12.5. The predicted octanol–water partition coefficient (Wildman–Crippen LogP) is 6.16. The van der Waals surface area contributed by atoms with Gasteiger partial charge in [0.1, 0.15) is 10.0 Å². The van der Waals surface area contributed by atoms with Gasteiger partial charge in [-0.2, -0.15) is 0 Å². The van der Waals surface area contributed by atoms with Gasteiger partial charge in [0.25, 0.3) is 0 Å². The molecular formula is C27H27ClN6O2S2. The van der Waals surface area contributed by atoms with Crippen molar-refractivity contribution in [2.24, 2.45) is 0 Å². The van der Waals surface area contributed by atoms with Crippen LogP contribution < -0.4 is 10.6 Å². The number of anilines is 2. The average molecular weight is 567 g/mol. The molecule has 8 nitrogen and oxygen atoms in total. The van der Waals surface area contributed by atoms with E-state index in [1.807, 2.05) is 43.3 Å². The number of carbonyl (C=O) groups excluding carboxylic acids is 2. The molecule has 0 spiro atoms. The van der Waals surface area contributed by atoms with Crippen LogP contribution in [-0.2, 0) is 22.4 Å². The Morgan fingerprint density at radius 2 is 1.39 bits per heavy atom. The number of carbonyl (C=O) groups is 2. The van der Waals surface area contributed by atoms with E-state index in [0.717, 1.165) is 52.4 Å². The fraction of sp³-hybridized carbons (Fsp3) is 0.333. The van der Waals surface area contributed by atoms with Crippen molar-refractivity contribution in [1.29, 1.82) is 0 Å². The van der Waals surface area contributed by atoms with Crippen LogP contribution in [0.4, 0.5) is 10.3 Å². The van der Waals surface area contributed by atoms with Crippen molar-refractivity contribution in [3.8, 4) is 0 Å². The fourth-order valence-corrected chi connectivity index (χ4v) is 6.73. The first-order valence-electron chi connectivity index (χ1n) is 12.5. The average Bonchev–Trinajstić information content (AvgIpc) is 3.54. The summed E-state index contributed by atoms with van der Waals surface area (Å²) in [5.74, 6) is 0.243. The van der Waals surface area contributed by atoms with Gasteiger partial charge in [-0.1, -0.05) is 82.7 Å². The van der Waals surface area contributed by atoms with E-state index in [9.17, 15) is 9.59 Å². The molecule has 4 aromatic rings. The number of halogens is 1. The number of amides is 2. The predicted molar refractivity (Wildman–Crippen MR) is 151 cm³/mol. The zero-order valence-electron chi connectivity index (χ0n) is 20.8. The van der Waals surface area contributed by atoms with E-state index < -0.39 is 0 Å². The van der Waals surface area contributed by atoms with Gasteiger partial charge in [-0.3, -0.25) is 9.59 Å². The summed E-state index contributed by atoms with van der Waals surface area (Å²) in [7, 11) is 0. The van der Waals surface area contributed by atoms with Gasteiger partial charge in [-0.25, -0.2) is 0 Å². The first-order valence-corrected chi connectivity index (χ1v) is 14.5. The molecule has 2 heterocycles. The smallest absolute Gasteiger partial charge is 0.230 e. The number of aromatic nitrogens is 4. The van der Waals surface area contributed by atoms with Crippen molar-refractivity contribution in [1.82, 2.24) is 20.4 Å². The van der Waals surface area contributed by atoms with Gasteiger partial charge in [-0.05, 0) is 49.4 Å². The molecule has 38 heavy (non-hydrogen) atoms. The number of rotatable bonds is 8. The summed E-state index contributed by atoms with van der Waals surface area (Å²) < 4.78 is 0. The van der Waals surface area contributed by atoms with Crippen molar-refractivity contribution in [3.63, 3.8) is 0 Å². The Morgan fingerprint density at radius 3 is 1.95 bits per heavy atom. The maximum absolute atomic E-state index is 12.5. The Labute approximate surface area is 233 Å². The summed E-state index contributed by atoms with van der Waals surface area (Å²) in [5.41, 5.74) is 2.94. The molecule has 1 aliphatic rings. The van der Waals surface area contributed by atoms with Gasteiger partial charge < -0.3 is 10.6 Å². The molecule has 0 bridgehead atoms. The minimum absolute atomic E-state index is 0.0985. The van der Waals surface area contributed by atoms with E-state index in [0.29, 0.717) is 21.7 Å². The second-order valence-electron chi connectivity index (χ2n) is 9.52. The summed E-state index contributed by atoms with van der Waals surface area (Å²) in [6.45, 7) is 2.01. The van der Waals surface area contributed by atoms with Gasteiger partial charge in [0.2, 0.25) is 22.1 Å². The molecule has 0 saturated heterocycles. The molecule has 0 unspecified atom stereocenters. The van der Waals surface area contributed by atoms with Crippen molar-refractivity contribution in [3.05, 3.63) is 80.3 Å². The maximum Gasteiger partial charge on any atom is 0.230 e. The van der Waals surface area contributed by atoms with Crippen molar-refractivity contribution < 1.29 is 9.59 Å². The quantitative estimate of drug-likeness (QED) is 0.264. The fourth-order valence-electron chi connectivity index (χ4n) is 4.71. The van der Waals surface area contributed by atoms with Gasteiger partial charge in [0.05, 0.1) is 12.8 Å². The lowest BCUT2D eigenvalue weighted by Gasteiger charge is -2.25. The lowest BCUT2D eigenvalue weighted by Crippen LogP contribution is -2.14. The van der Waals surface area contributed by atoms with Crippen LogP contribution in [0.2, 0.25) is 5.02 Å². The number of nitrogens with one attached hydrogen (secondary N) is 2. The number of hydrogen-bond acceptors (Lipinski definition) is 8. The zero-order chi connectivity index (χ0) is 26.5. The Kier molecular flexibility index (Phi) is 8.41. The lowest BCUT2D eigenvalue weighted by molar-refractivity contribution is -0.116. The highest BCUT2D eigenvalue weighted by Crippen LogP contribution is 2.43. The SMILES string of the molecule is Cc1cccc(CC(=O)Nc2nnc([C@@H]3CCC[C@@H](c4nnc(NC(=O)Cc5cccc(Cl)c5)s4)C3)s2)c1. The second-order valence-corrected chi connectivity index (χ2v) is 12.0. The molecule has 2 atom stereocenters. The Morgan fingerprint density at radius 1 is 0.842 bits per heavy atom. The van der Waals surface area contributed by atoms with Crippen LogP contribution in [0.3, 0.4) is 0 Å². The van der Waals surface area contributed by atoms with Crippen LogP contribution in [0.15, 0.2) is 48.5 Å². The van der Waals surface area contributed by atoms with Crippen LogP contribution in [0.25, 0.3) is 0 Å². The third kappa shape index (κ3) is 7.00. The van der Waals surface area contributed by atoms with Gasteiger partial charge in [0, 0.05) is 16.9 Å². The van der Waals surface area contributed by atoms with Crippen molar-refractivity contribution in [2.45, 2.75) is 57.3 Å². The van der Waals surface area contributed by atoms with Crippen LogP contribution in [-0.4, -0.2) is 32.2 Å². The van der Waals surface area contributed by atoms with Crippen LogP contribution >= 0.6 is 34.3 Å². The minimum atomic E-state index is -0.151. The molecule has 196 valence electrons. The summed E-state index contributed by atoms with van der Waals surface area (Å²) in [6, 6.07) is 15.2. The monoisotopic (exact) mass is 566 g/mol. The van der Waals surface area contributed by atoms with E-state index in [-0.39, 0.29) is 30.1 Å². The highest BCUT2D eigenvalue weighted by Gasteiger charge is 2.29. The van der Waals surface area contributed by atoms with Gasteiger partial charge in [0.15, 0.2) is 0 Å². The number of benzene rings is 2. The minimum Gasteiger partial charge on any atom is -0.300 e. The lowest BCUT2D eigenvalue weighted by atomic mass is 9.82. The Hall–Kier alpha value is -3.21. The third-order valence-electron chi connectivity index (χ3n) is 6.45. The molecule has 1 saturated carbocycles. The van der Waals surface area contributed by atoms with Gasteiger partial charge >= 0.3 is 0 Å². The van der Waals surface area contributed by atoms with E-state index in [4.69, 9.17) is 11.6 Å². The molecule has 2 aromatic carbocycles. The molecule has 5 rings (SSSR count). The van der Waals surface area contributed by atoms with Gasteiger partial charge in [-0.15, -0.1) is 20.4 Å². The molecule has 1 fully saturated rings. The van der Waals surface area contributed by atoms with Crippen molar-refractivity contribution >= 4 is 56.4 Å². The summed E-state index contributed by atoms with van der Waals surface area (Å²) >= 11 is 8.88. The van der Waals surface area contributed by atoms with E-state index in [1.165, 1.54) is 22.7 Å². The van der Waals surface area contributed by atoms with E-state index in [2.05, 4.69) is 31.0 Å².